The number of halogens is 2. The summed E-state index contributed by atoms with van der Waals surface area (Å²) >= 11 is 0. The quantitative estimate of drug-likeness (QED) is 0.0990. The zero-order valence-electron chi connectivity index (χ0n) is 27.5. The fourth-order valence-electron chi connectivity index (χ4n) is 7.26. The summed E-state index contributed by atoms with van der Waals surface area (Å²) in [5.74, 6) is -1.87. The van der Waals surface area contributed by atoms with E-state index in [-0.39, 0.29) is 71.7 Å². The third-order valence-electron chi connectivity index (χ3n) is 10.2. The van der Waals surface area contributed by atoms with Crippen LogP contribution in [0.25, 0.3) is 0 Å². The van der Waals surface area contributed by atoms with E-state index in [0.717, 1.165) is 111 Å². The smallest absolute Gasteiger partial charge is 0.310 e. The Kier molecular flexibility index (Phi) is 16.2. The van der Waals surface area contributed by atoms with Gasteiger partial charge in [0, 0.05) is 11.8 Å². The van der Waals surface area contributed by atoms with E-state index in [1.165, 1.54) is 0 Å². The van der Waals surface area contributed by atoms with Gasteiger partial charge in [-0.15, -0.1) is 0 Å². The van der Waals surface area contributed by atoms with Crippen molar-refractivity contribution >= 4 is 11.9 Å². The standard InChI is InChI=1S/C36H52N2O6.2HI/c1-37(19-25-41-26-20-37)17-9-11-23-43-35(39)33-31(29-13-5-3-6-14-29)34(32(33)30-15-7-4-8-16-30)36(40)44-24-12-10-18-38(2)21-27-42-28-22-38;;/h3-8,13-16,31-34H,9-12,17-28H2,1-2H3;2*1H/q+2;;/p-2. The number of carbonyl (C=O) groups excluding carboxylic acids is 2. The number of hydrogen-bond donors (Lipinski definition) is 0. The van der Waals surface area contributed by atoms with E-state index < -0.39 is 11.8 Å². The normalized spacial score (nSPS) is 24.7. The van der Waals surface area contributed by atoms with Crippen molar-refractivity contribution in [2.75, 3.05) is 93.0 Å². The number of hydrogen-bond acceptors (Lipinski definition) is 6. The van der Waals surface area contributed by atoms with E-state index in [2.05, 4.69) is 14.1 Å². The highest BCUT2D eigenvalue weighted by Gasteiger charge is 2.59. The van der Waals surface area contributed by atoms with Crippen LogP contribution in [-0.2, 0) is 28.5 Å². The summed E-state index contributed by atoms with van der Waals surface area (Å²) in [5, 5.41) is 0. The Morgan fingerprint density at radius 1 is 0.609 bits per heavy atom. The molecule has 0 radical (unpaired) electrons. The third kappa shape index (κ3) is 10.3. The van der Waals surface area contributed by atoms with Gasteiger partial charge >= 0.3 is 11.9 Å². The van der Waals surface area contributed by atoms with Gasteiger partial charge in [-0.1, -0.05) is 60.7 Å². The van der Waals surface area contributed by atoms with E-state index in [9.17, 15) is 9.59 Å². The minimum atomic E-state index is -0.438. The molecule has 0 spiro atoms. The molecule has 0 atom stereocenters. The van der Waals surface area contributed by atoms with E-state index in [0.29, 0.717) is 13.2 Å². The second kappa shape index (κ2) is 19.0. The van der Waals surface area contributed by atoms with Crippen LogP contribution >= 0.6 is 0 Å². The van der Waals surface area contributed by atoms with Gasteiger partial charge < -0.3 is 75.9 Å². The minimum Gasteiger partial charge on any atom is -1.00 e. The summed E-state index contributed by atoms with van der Waals surface area (Å²) < 4.78 is 25.0. The first-order valence-electron chi connectivity index (χ1n) is 16.6. The molecular formula is C36H52I2N2O6. The van der Waals surface area contributed by atoms with Crippen LogP contribution in [0, 0.1) is 11.8 Å². The van der Waals surface area contributed by atoms with Crippen molar-refractivity contribution in [1.29, 1.82) is 0 Å². The lowest BCUT2D eigenvalue weighted by Crippen LogP contribution is -3.00. The molecule has 0 aromatic heterocycles. The SMILES string of the molecule is C[N+]1(CCCCOC(=O)C2C(c3ccccc3)C(C(=O)OCCCC[N+]3(C)CCOCC3)C2c2ccccc2)CCOCC1.[I-].[I-]. The molecule has 10 heteroatoms. The molecule has 2 saturated heterocycles. The van der Waals surface area contributed by atoms with Gasteiger partial charge in [0.05, 0.1) is 78.7 Å². The molecule has 3 aliphatic rings. The van der Waals surface area contributed by atoms with Gasteiger partial charge in [0.2, 0.25) is 0 Å². The number of nitrogens with zero attached hydrogens (tertiary/aromatic N) is 2. The number of unbranched alkanes of at least 4 members (excludes halogenated alkanes) is 2. The Labute approximate surface area is 309 Å². The first-order valence-corrected chi connectivity index (χ1v) is 16.6. The molecule has 2 heterocycles. The van der Waals surface area contributed by atoms with Gasteiger partial charge in [-0.05, 0) is 36.8 Å². The van der Waals surface area contributed by atoms with Gasteiger partial charge in [-0.2, -0.15) is 0 Å². The Hall–Kier alpha value is -1.32. The Morgan fingerprint density at radius 2 is 0.957 bits per heavy atom. The first-order chi connectivity index (χ1) is 21.4. The van der Waals surface area contributed by atoms with Gasteiger partial charge in [0.25, 0.3) is 0 Å². The second-order valence-electron chi connectivity index (χ2n) is 13.5. The number of likely N-dealkylation sites (N-methyl/N-ethyl adjacent to an activating group) is 2. The minimum absolute atomic E-state index is 0. The fraction of sp³-hybridized carbons (Fsp3) is 0.611. The highest BCUT2D eigenvalue weighted by atomic mass is 127. The van der Waals surface area contributed by atoms with Crippen LogP contribution in [0.1, 0.15) is 48.6 Å². The average molecular weight is 863 g/mol. The van der Waals surface area contributed by atoms with Crippen LogP contribution < -0.4 is 48.0 Å². The van der Waals surface area contributed by atoms with Crippen molar-refractivity contribution in [3.63, 3.8) is 0 Å². The molecule has 0 bridgehead atoms. The Balaban J connectivity index is 0.00000288. The number of ether oxygens (including phenoxy) is 4. The molecule has 8 nitrogen and oxygen atoms in total. The van der Waals surface area contributed by atoms with E-state index in [1.807, 2.05) is 60.7 Å². The van der Waals surface area contributed by atoms with Crippen LogP contribution in [0.2, 0.25) is 0 Å². The number of morpholine rings is 2. The van der Waals surface area contributed by atoms with Crippen molar-refractivity contribution in [2.24, 2.45) is 11.8 Å². The molecule has 0 unspecified atom stereocenters. The van der Waals surface area contributed by atoms with Gasteiger partial charge in [-0.3, -0.25) is 9.59 Å². The first kappa shape index (κ1) is 39.1. The van der Waals surface area contributed by atoms with Crippen molar-refractivity contribution < 1.29 is 85.5 Å². The van der Waals surface area contributed by atoms with Crippen LogP contribution in [0.15, 0.2) is 60.7 Å². The molecule has 0 amide bonds. The molecule has 1 aliphatic carbocycles. The topological polar surface area (TPSA) is 71.1 Å². The van der Waals surface area contributed by atoms with Crippen LogP contribution in [-0.4, -0.2) is 114 Å². The number of carbonyl (C=O) groups is 2. The molecule has 46 heavy (non-hydrogen) atoms. The predicted molar refractivity (Wildman–Crippen MR) is 169 cm³/mol. The highest BCUT2D eigenvalue weighted by Crippen LogP contribution is 2.58. The Morgan fingerprint density at radius 3 is 1.30 bits per heavy atom. The molecule has 0 N–H and O–H groups in total. The van der Waals surface area contributed by atoms with Crippen molar-refractivity contribution in [1.82, 2.24) is 0 Å². The van der Waals surface area contributed by atoms with Crippen LogP contribution in [0.5, 0.6) is 0 Å². The lowest BCUT2D eigenvalue weighted by Gasteiger charge is -2.49. The van der Waals surface area contributed by atoms with Crippen LogP contribution in [0.3, 0.4) is 0 Å². The summed E-state index contributed by atoms with van der Waals surface area (Å²) in [5.41, 5.74) is 1.97. The maximum Gasteiger partial charge on any atom is 0.310 e. The lowest BCUT2D eigenvalue weighted by atomic mass is 9.52. The molecule has 2 aliphatic heterocycles. The van der Waals surface area contributed by atoms with E-state index in [1.54, 1.807) is 0 Å². The molecule has 2 aromatic carbocycles. The van der Waals surface area contributed by atoms with Crippen molar-refractivity contribution in [2.45, 2.75) is 37.5 Å². The van der Waals surface area contributed by atoms with Crippen molar-refractivity contribution in [3.05, 3.63) is 71.8 Å². The predicted octanol–water partition coefficient (Wildman–Crippen LogP) is -1.59. The number of benzene rings is 2. The molecule has 2 aromatic rings. The molecule has 1 saturated carbocycles. The van der Waals surface area contributed by atoms with Gasteiger partial charge in [0.1, 0.15) is 26.2 Å². The third-order valence-corrected chi connectivity index (χ3v) is 10.2. The zero-order valence-corrected chi connectivity index (χ0v) is 31.8. The maximum absolute atomic E-state index is 13.8. The number of quaternary nitrogens is 2. The van der Waals surface area contributed by atoms with E-state index in [4.69, 9.17) is 18.9 Å². The van der Waals surface area contributed by atoms with Gasteiger partial charge in [0.15, 0.2) is 0 Å². The summed E-state index contributed by atoms with van der Waals surface area (Å²) in [6, 6.07) is 19.9. The number of rotatable bonds is 14. The monoisotopic (exact) mass is 862 g/mol. The number of esters is 2. The lowest BCUT2D eigenvalue weighted by molar-refractivity contribution is -0.917. The highest BCUT2D eigenvalue weighted by molar-refractivity contribution is 5.85. The molecule has 256 valence electrons. The summed E-state index contributed by atoms with van der Waals surface area (Å²) in [6.45, 7) is 10.3. The van der Waals surface area contributed by atoms with Crippen molar-refractivity contribution in [3.8, 4) is 0 Å². The molecule has 3 fully saturated rings. The summed E-state index contributed by atoms with van der Waals surface area (Å²) in [4.78, 5) is 27.5. The molecular weight excluding hydrogens is 810 g/mol. The summed E-state index contributed by atoms with van der Waals surface area (Å²) in [6.07, 6.45) is 3.66. The zero-order chi connectivity index (χ0) is 30.8. The fourth-order valence-corrected chi connectivity index (χ4v) is 7.26. The van der Waals surface area contributed by atoms with E-state index >= 15 is 0 Å². The maximum atomic E-state index is 13.8. The summed E-state index contributed by atoms with van der Waals surface area (Å²) in [7, 11) is 4.56. The molecule has 5 rings (SSSR count). The average Bonchev–Trinajstić information content (AvgIpc) is 3.02. The second-order valence-corrected chi connectivity index (χ2v) is 13.5. The largest absolute Gasteiger partial charge is 1.00 e. The Bertz CT molecular complexity index is 1090. The van der Waals surface area contributed by atoms with Gasteiger partial charge in [-0.25, -0.2) is 0 Å². The van der Waals surface area contributed by atoms with Crippen LogP contribution in [0.4, 0.5) is 0 Å².